The molecule has 3 heterocycles. The summed E-state index contributed by atoms with van der Waals surface area (Å²) in [6.45, 7) is 2.31. The van der Waals surface area contributed by atoms with Gasteiger partial charge < -0.3 is 10.1 Å². The van der Waals surface area contributed by atoms with E-state index in [2.05, 4.69) is 21.2 Å². The van der Waals surface area contributed by atoms with Crippen molar-refractivity contribution in [3.63, 3.8) is 0 Å². The van der Waals surface area contributed by atoms with E-state index in [9.17, 15) is 9.18 Å². The summed E-state index contributed by atoms with van der Waals surface area (Å²) in [5, 5.41) is 3.11. The van der Waals surface area contributed by atoms with Crippen LogP contribution < -0.4 is 25.8 Å². The van der Waals surface area contributed by atoms with Gasteiger partial charge in [0, 0.05) is 49.6 Å². The van der Waals surface area contributed by atoms with Gasteiger partial charge in [-0.15, -0.1) is 0 Å². The molecule has 0 spiro atoms. The molecule has 3 N–H and O–H groups in total. The van der Waals surface area contributed by atoms with Gasteiger partial charge in [0.25, 0.3) is 5.91 Å². The first-order valence-corrected chi connectivity index (χ1v) is 8.98. The van der Waals surface area contributed by atoms with Crippen molar-refractivity contribution in [1.82, 2.24) is 15.8 Å². The Hall–Kier alpha value is -2.71. The zero-order chi connectivity index (χ0) is 18.8. The summed E-state index contributed by atoms with van der Waals surface area (Å²) in [4.78, 5) is 18.9. The van der Waals surface area contributed by atoms with Gasteiger partial charge in [-0.2, -0.15) is 0 Å². The zero-order valence-corrected chi connectivity index (χ0v) is 15.0. The predicted molar refractivity (Wildman–Crippen MR) is 100 cm³/mol. The molecule has 0 radical (unpaired) electrons. The predicted octanol–water partition coefficient (Wildman–Crippen LogP) is 1.64. The van der Waals surface area contributed by atoms with Crippen molar-refractivity contribution in [3.8, 4) is 5.75 Å². The molecule has 27 heavy (non-hydrogen) atoms. The highest BCUT2D eigenvalue weighted by atomic mass is 19.1. The molecule has 1 atom stereocenters. The van der Waals surface area contributed by atoms with E-state index in [1.165, 1.54) is 19.2 Å². The van der Waals surface area contributed by atoms with Crippen LogP contribution in [0.25, 0.3) is 0 Å². The highest BCUT2D eigenvalue weighted by molar-refractivity contribution is 6.00. The third-order valence-corrected chi connectivity index (χ3v) is 4.99. The Morgan fingerprint density at radius 2 is 2.07 bits per heavy atom. The molecule has 7 nitrogen and oxygen atoms in total. The number of carbonyl (C=O) groups is 1. The number of nitrogens with one attached hydrogen (secondary N) is 3. The van der Waals surface area contributed by atoms with Gasteiger partial charge >= 0.3 is 0 Å². The quantitative estimate of drug-likeness (QED) is 0.742. The Balaban J connectivity index is 1.44. The fourth-order valence-corrected chi connectivity index (χ4v) is 3.50. The largest absolute Gasteiger partial charge is 0.497 e. The van der Waals surface area contributed by atoms with E-state index < -0.39 is 11.9 Å². The maximum Gasteiger partial charge on any atom is 0.250 e. The second kappa shape index (κ2) is 7.50. The summed E-state index contributed by atoms with van der Waals surface area (Å²) in [5.41, 5.74) is 7.87. The van der Waals surface area contributed by atoms with E-state index in [1.807, 2.05) is 18.3 Å². The lowest BCUT2D eigenvalue weighted by Gasteiger charge is -2.18. The molecule has 1 unspecified atom stereocenters. The minimum atomic E-state index is -0.416. The maximum absolute atomic E-state index is 13.7. The van der Waals surface area contributed by atoms with E-state index in [0.717, 1.165) is 18.7 Å². The van der Waals surface area contributed by atoms with E-state index in [-0.39, 0.29) is 5.91 Å². The Kier molecular flexibility index (Phi) is 4.91. The summed E-state index contributed by atoms with van der Waals surface area (Å²) in [6.07, 6.45) is 2.46. The molecule has 2 saturated heterocycles. The van der Waals surface area contributed by atoms with E-state index in [1.54, 1.807) is 11.0 Å². The molecular weight excluding hydrogens is 349 g/mol. The second-order valence-electron chi connectivity index (χ2n) is 6.76. The normalized spacial score (nSPS) is 20.3. The lowest BCUT2D eigenvalue weighted by atomic mass is 10.0. The van der Waals surface area contributed by atoms with Gasteiger partial charge in [-0.1, -0.05) is 6.07 Å². The van der Waals surface area contributed by atoms with Gasteiger partial charge in [-0.3, -0.25) is 20.5 Å². The zero-order valence-electron chi connectivity index (χ0n) is 15.0. The summed E-state index contributed by atoms with van der Waals surface area (Å²) in [7, 11) is 1.48. The lowest BCUT2D eigenvalue weighted by molar-refractivity contribution is -0.117. The topological polar surface area (TPSA) is 78.5 Å². The van der Waals surface area contributed by atoms with E-state index in [0.29, 0.717) is 36.1 Å². The van der Waals surface area contributed by atoms with Crippen LogP contribution in [0.4, 0.5) is 15.9 Å². The number of rotatable bonds is 5. The number of carbonyl (C=O) groups excluding carboxylic acids is 1. The molecule has 2 fully saturated rings. The summed E-state index contributed by atoms with van der Waals surface area (Å²) < 4.78 is 18.7. The number of halogens is 1. The molecular formula is C19H22FN5O2. The van der Waals surface area contributed by atoms with Crippen molar-refractivity contribution < 1.29 is 13.9 Å². The molecule has 4 rings (SSSR count). The van der Waals surface area contributed by atoms with Crippen LogP contribution in [0.5, 0.6) is 5.75 Å². The number of methoxy groups -OCH3 is 1. The number of anilines is 2. The monoisotopic (exact) mass is 371 g/mol. The SMILES string of the molecule is COc1cc(F)cc(NC2CCN(c3ccc(C4CNNC4)cn3)C2=O)c1. The van der Waals surface area contributed by atoms with Crippen molar-refractivity contribution in [2.24, 2.45) is 0 Å². The molecule has 0 saturated carbocycles. The molecule has 1 aromatic heterocycles. The number of nitrogens with zero attached hydrogens (tertiary/aromatic N) is 2. The van der Waals surface area contributed by atoms with Gasteiger partial charge in [0.05, 0.1) is 7.11 Å². The molecule has 2 aliphatic heterocycles. The Morgan fingerprint density at radius 3 is 2.78 bits per heavy atom. The van der Waals surface area contributed by atoms with Gasteiger partial charge in [-0.25, -0.2) is 9.37 Å². The van der Waals surface area contributed by atoms with Crippen molar-refractivity contribution in [2.45, 2.75) is 18.4 Å². The number of hydrogen-bond donors (Lipinski definition) is 3. The molecule has 2 aliphatic rings. The molecule has 142 valence electrons. The summed E-state index contributed by atoms with van der Waals surface area (Å²) >= 11 is 0. The van der Waals surface area contributed by atoms with E-state index >= 15 is 0 Å². The summed E-state index contributed by atoms with van der Waals surface area (Å²) in [5.74, 6) is 0.963. The summed E-state index contributed by atoms with van der Waals surface area (Å²) in [6, 6.07) is 7.83. The van der Waals surface area contributed by atoms with Crippen LogP contribution in [0.15, 0.2) is 36.5 Å². The lowest BCUT2D eigenvalue weighted by Crippen LogP contribution is -2.34. The molecule has 2 aromatic rings. The van der Waals surface area contributed by atoms with Crippen LogP contribution >= 0.6 is 0 Å². The minimum Gasteiger partial charge on any atom is -0.497 e. The van der Waals surface area contributed by atoms with Gasteiger partial charge in [0.15, 0.2) is 0 Å². The number of ether oxygens (including phenoxy) is 1. The molecule has 8 heteroatoms. The Labute approximate surface area is 156 Å². The Bertz CT molecular complexity index is 823. The van der Waals surface area contributed by atoms with Crippen molar-refractivity contribution >= 4 is 17.4 Å². The molecule has 0 aliphatic carbocycles. The first-order chi connectivity index (χ1) is 13.1. The highest BCUT2D eigenvalue weighted by Crippen LogP contribution is 2.26. The fraction of sp³-hybridized carbons (Fsp3) is 0.368. The van der Waals surface area contributed by atoms with Gasteiger partial charge in [0.2, 0.25) is 0 Å². The average Bonchev–Trinajstić information content (AvgIpc) is 3.32. The minimum absolute atomic E-state index is 0.0670. The van der Waals surface area contributed by atoms with Crippen LogP contribution in [0, 0.1) is 5.82 Å². The highest BCUT2D eigenvalue weighted by Gasteiger charge is 2.33. The standard InChI is InChI=1S/C19H22FN5O2/c1-27-16-7-14(20)6-15(8-16)24-17-4-5-25(19(17)26)18-3-2-12(9-21-18)13-10-22-23-11-13/h2-3,6-9,13,17,22-24H,4-5,10-11H2,1H3. The maximum atomic E-state index is 13.7. The molecule has 1 aromatic carbocycles. The van der Waals surface area contributed by atoms with Gasteiger partial charge in [-0.05, 0) is 24.1 Å². The van der Waals surface area contributed by atoms with Crippen LogP contribution in [0.3, 0.4) is 0 Å². The number of pyridine rings is 1. The smallest absolute Gasteiger partial charge is 0.250 e. The third-order valence-electron chi connectivity index (χ3n) is 4.99. The molecule has 1 amide bonds. The van der Waals surface area contributed by atoms with Crippen molar-refractivity contribution in [3.05, 3.63) is 47.9 Å². The van der Waals surface area contributed by atoms with Gasteiger partial charge in [0.1, 0.15) is 23.4 Å². The van der Waals surface area contributed by atoms with Crippen LogP contribution in [0.1, 0.15) is 17.9 Å². The van der Waals surface area contributed by atoms with Crippen LogP contribution in [-0.4, -0.2) is 43.7 Å². The Morgan fingerprint density at radius 1 is 1.26 bits per heavy atom. The third kappa shape index (κ3) is 3.72. The van der Waals surface area contributed by atoms with Crippen molar-refractivity contribution in [2.75, 3.05) is 37.0 Å². The van der Waals surface area contributed by atoms with Crippen LogP contribution in [-0.2, 0) is 4.79 Å². The molecule has 0 bridgehead atoms. The number of aromatic nitrogens is 1. The van der Waals surface area contributed by atoms with Crippen LogP contribution in [0.2, 0.25) is 0 Å². The fourth-order valence-electron chi connectivity index (χ4n) is 3.50. The van der Waals surface area contributed by atoms with E-state index in [4.69, 9.17) is 4.74 Å². The number of hydrazine groups is 1. The number of hydrogen-bond acceptors (Lipinski definition) is 6. The average molecular weight is 371 g/mol. The second-order valence-corrected chi connectivity index (χ2v) is 6.76. The number of benzene rings is 1. The first kappa shape index (κ1) is 17.7. The first-order valence-electron chi connectivity index (χ1n) is 8.98. The van der Waals surface area contributed by atoms with Crippen molar-refractivity contribution in [1.29, 1.82) is 0 Å². The number of amides is 1.